The summed E-state index contributed by atoms with van der Waals surface area (Å²) >= 11 is 3.29. The van der Waals surface area contributed by atoms with Gasteiger partial charge in [-0.1, -0.05) is 0 Å². The summed E-state index contributed by atoms with van der Waals surface area (Å²) in [4.78, 5) is 26.5. The van der Waals surface area contributed by atoms with E-state index in [4.69, 9.17) is 9.47 Å². The molecule has 2 N–H and O–H groups in total. The van der Waals surface area contributed by atoms with Gasteiger partial charge in [0.1, 0.15) is 0 Å². The van der Waals surface area contributed by atoms with Crippen molar-refractivity contribution in [2.24, 2.45) is 0 Å². The van der Waals surface area contributed by atoms with Crippen molar-refractivity contribution in [1.82, 2.24) is 10.2 Å². The lowest BCUT2D eigenvalue weighted by Crippen LogP contribution is -2.47. The Morgan fingerprint density at radius 1 is 1.31 bits per heavy atom. The Labute approximate surface area is 161 Å². The first-order valence-corrected chi connectivity index (χ1v) is 9.25. The summed E-state index contributed by atoms with van der Waals surface area (Å²) in [5.41, 5.74) is 1.50. The number of hydrogen-bond donors (Lipinski definition) is 2. The van der Waals surface area contributed by atoms with Gasteiger partial charge in [-0.15, -0.1) is 0 Å². The van der Waals surface area contributed by atoms with Crippen LogP contribution in [0.5, 0.6) is 11.5 Å². The number of nitrogens with one attached hydrogen (secondary N) is 1. The number of ether oxygens (including phenoxy) is 2. The molecule has 8 heteroatoms. The van der Waals surface area contributed by atoms with Gasteiger partial charge in [0.25, 0.3) is 0 Å². The van der Waals surface area contributed by atoms with Crippen LogP contribution in [0.4, 0.5) is 4.79 Å². The van der Waals surface area contributed by atoms with E-state index in [0.717, 1.165) is 0 Å². The van der Waals surface area contributed by atoms with E-state index in [1.165, 1.54) is 4.90 Å². The molecule has 1 aromatic carbocycles. The van der Waals surface area contributed by atoms with Crippen molar-refractivity contribution in [3.63, 3.8) is 0 Å². The third-order valence-corrected chi connectivity index (χ3v) is 4.70. The molecule has 0 spiro atoms. The minimum absolute atomic E-state index is 0.0358. The van der Waals surface area contributed by atoms with Gasteiger partial charge in [0, 0.05) is 12.2 Å². The maximum absolute atomic E-state index is 12.6. The predicted molar refractivity (Wildman–Crippen MR) is 100.0 cm³/mol. The van der Waals surface area contributed by atoms with Crippen LogP contribution in [0, 0.1) is 0 Å². The van der Waals surface area contributed by atoms with Crippen molar-refractivity contribution in [3.05, 3.63) is 33.4 Å². The number of urea groups is 1. The Kier molecular flexibility index (Phi) is 6.52. The Balaban J connectivity index is 2.60. The average Bonchev–Trinajstić information content (AvgIpc) is 2.58. The maximum atomic E-state index is 12.6. The summed E-state index contributed by atoms with van der Waals surface area (Å²) < 4.78 is 11.1. The first-order chi connectivity index (χ1) is 12.3. The molecule has 1 atom stereocenters. The van der Waals surface area contributed by atoms with Crippen LogP contribution >= 0.6 is 15.9 Å². The summed E-state index contributed by atoms with van der Waals surface area (Å²) in [7, 11) is 0. The third kappa shape index (κ3) is 3.80. The molecule has 2 rings (SSSR count). The molecular weight excluding hydrogens is 404 g/mol. The zero-order chi connectivity index (χ0) is 19.4. The molecule has 7 nitrogen and oxygen atoms in total. The number of hydrogen-bond acceptors (Lipinski definition) is 5. The Hall–Kier alpha value is -2.22. The highest BCUT2D eigenvalue weighted by molar-refractivity contribution is 9.10. The summed E-state index contributed by atoms with van der Waals surface area (Å²) in [5, 5.41) is 13.0. The van der Waals surface area contributed by atoms with Gasteiger partial charge >= 0.3 is 12.0 Å². The molecule has 0 saturated heterocycles. The summed E-state index contributed by atoms with van der Waals surface area (Å²) in [6.45, 7) is 8.10. The Morgan fingerprint density at radius 3 is 2.58 bits per heavy atom. The van der Waals surface area contributed by atoms with Crippen molar-refractivity contribution < 1.29 is 24.2 Å². The molecule has 1 aliphatic heterocycles. The lowest BCUT2D eigenvalue weighted by Gasteiger charge is -2.35. The molecule has 26 heavy (non-hydrogen) atoms. The Morgan fingerprint density at radius 2 is 2.00 bits per heavy atom. The highest BCUT2D eigenvalue weighted by Crippen LogP contribution is 2.40. The number of carbonyl (C=O) groups is 2. The second-order valence-corrected chi connectivity index (χ2v) is 6.48. The lowest BCUT2D eigenvalue weighted by atomic mass is 9.94. The molecule has 1 heterocycles. The minimum atomic E-state index is -0.708. The van der Waals surface area contributed by atoms with Gasteiger partial charge in [-0.05, 0) is 61.3 Å². The number of phenolic OH excluding ortho intramolecular Hbond substituents is 1. The van der Waals surface area contributed by atoms with Crippen LogP contribution < -0.4 is 10.1 Å². The Bertz CT molecular complexity index is 747. The van der Waals surface area contributed by atoms with Crippen LogP contribution in [0.3, 0.4) is 0 Å². The van der Waals surface area contributed by atoms with E-state index in [1.54, 1.807) is 32.9 Å². The molecule has 0 fully saturated rings. The van der Waals surface area contributed by atoms with E-state index < -0.39 is 12.0 Å². The van der Waals surface area contributed by atoms with Crippen molar-refractivity contribution in [2.45, 2.75) is 33.7 Å². The number of benzene rings is 1. The number of allylic oxidation sites excluding steroid dienone is 1. The first-order valence-electron chi connectivity index (χ1n) is 8.46. The quantitative estimate of drug-likeness (QED) is 0.679. The smallest absolute Gasteiger partial charge is 0.338 e. The fourth-order valence-electron chi connectivity index (χ4n) is 2.91. The van der Waals surface area contributed by atoms with Crippen LogP contribution in [0.25, 0.3) is 0 Å². The van der Waals surface area contributed by atoms with E-state index in [2.05, 4.69) is 21.2 Å². The van der Waals surface area contributed by atoms with Crippen LogP contribution in [0.2, 0.25) is 0 Å². The van der Waals surface area contributed by atoms with Gasteiger partial charge in [-0.25, -0.2) is 9.59 Å². The molecule has 0 unspecified atom stereocenters. The SMILES string of the molecule is CCOC(=O)C1=C(C)N(CC)C(=O)N[C@H]1c1cc(Br)c(O)c(OCC)c1. The van der Waals surface area contributed by atoms with E-state index >= 15 is 0 Å². The number of esters is 1. The topological polar surface area (TPSA) is 88.1 Å². The molecule has 142 valence electrons. The second kappa shape index (κ2) is 8.44. The zero-order valence-corrected chi connectivity index (χ0v) is 16.8. The summed E-state index contributed by atoms with van der Waals surface area (Å²) in [6, 6.07) is 2.25. The number of amides is 2. The fraction of sp³-hybridized carbons (Fsp3) is 0.444. The molecule has 2 amide bonds. The number of halogens is 1. The first kappa shape index (κ1) is 20.1. The zero-order valence-electron chi connectivity index (χ0n) is 15.3. The van der Waals surface area contributed by atoms with Crippen molar-refractivity contribution in [1.29, 1.82) is 0 Å². The lowest BCUT2D eigenvalue weighted by molar-refractivity contribution is -0.139. The highest BCUT2D eigenvalue weighted by atomic mass is 79.9. The van der Waals surface area contributed by atoms with Crippen molar-refractivity contribution in [3.8, 4) is 11.5 Å². The summed E-state index contributed by atoms with van der Waals surface area (Å²) in [6.07, 6.45) is 0. The van der Waals surface area contributed by atoms with Gasteiger partial charge in [-0.2, -0.15) is 0 Å². The molecule has 0 radical (unpaired) electrons. The van der Waals surface area contributed by atoms with Crippen molar-refractivity contribution in [2.75, 3.05) is 19.8 Å². The summed E-state index contributed by atoms with van der Waals surface area (Å²) in [5.74, 6) is -0.258. The van der Waals surface area contributed by atoms with Gasteiger partial charge in [0.2, 0.25) is 0 Å². The van der Waals surface area contributed by atoms with Crippen LogP contribution in [0.1, 0.15) is 39.3 Å². The molecule has 0 aliphatic carbocycles. The van der Waals surface area contributed by atoms with Crippen LogP contribution in [0.15, 0.2) is 27.9 Å². The predicted octanol–water partition coefficient (Wildman–Crippen LogP) is 3.48. The average molecular weight is 427 g/mol. The van der Waals surface area contributed by atoms with Crippen LogP contribution in [-0.2, 0) is 9.53 Å². The maximum Gasteiger partial charge on any atom is 0.338 e. The standard InChI is InChI=1S/C18H23BrN2O5/c1-5-21-10(4)14(17(23)26-7-3)15(20-18(21)24)11-8-12(19)16(22)13(9-11)25-6-2/h8-9,15,22H,5-7H2,1-4H3,(H,20,24)/t15-/m0/s1. The molecule has 1 aromatic rings. The van der Waals surface area contributed by atoms with Gasteiger partial charge in [-0.3, -0.25) is 4.90 Å². The molecule has 0 aromatic heterocycles. The number of rotatable bonds is 6. The number of aromatic hydroxyl groups is 1. The molecule has 1 aliphatic rings. The van der Waals surface area contributed by atoms with Gasteiger partial charge < -0.3 is 19.9 Å². The van der Waals surface area contributed by atoms with E-state index in [9.17, 15) is 14.7 Å². The highest BCUT2D eigenvalue weighted by Gasteiger charge is 2.36. The van der Waals surface area contributed by atoms with Gasteiger partial charge in [0.05, 0.1) is 29.3 Å². The molecule has 0 bridgehead atoms. The van der Waals surface area contributed by atoms with Crippen LogP contribution in [-0.4, -0.2) is 41.8 Å². The third-order valence-electron chi connectivity index (χ3n) is 4.09. The normalized spacial score (nSPS) is 17.2. The number of nitrogens with zero attached hydrogens (tertiary/aromatic N) is 1. The fourth-order valence-corrected chi connectivity index (χ4v) is 3.37. The molecular formula is C18H23BrN2O5. The van der Waals surface area contributed by atoms with E-state index in [0.29, 0.717) is 34.5 Å². The second-order valence-electron chi connectivity index (χ2n) is 5.63. The minimum Gasteiger partial charge on any atom is -0.503 e. The van der Waals surface area contributed by atoms with E-state index in [-0.39, 0.29) is 24.1 Å². The number of carbonyl (C=O) groups excluding carboxylic acids is 2. The van der Waals surface area contributed by atoms with Gasteiger partial charge in [0.15, 0.2) is 11.5 Å². The monoisotopic (exact) mass is 426 g/mol. The molecule has 0 saturated carbocycles. The van der Waals surface area contributed by atoms with Crippen molar-refractivity contribution >= 4 is 27.9 Å². The largest absolute Gasteiger partial charge is 0.503 e. The van der Waals surface area contributed by atoms with E-state index in [1.807, 2.05) is 6.92 Å². The number of phenols is 1.